The van der Waals surface area contributed by atoms with Gasteiger partial charge in [-0.3, -0.25) is 14.5 Å². The second kappa shape index (κ2) is 14.7. The highest BCUT2D eigenvalue weighted by atomic mass is 19.4. The van der Waals surface area contributed by atoms with Crippen molar-refractivity contribution in [3.63, 3.8) is 0 Å². The van der Waals surface area contributed by atoms with Crippen LogP contribution in [0, 0.1) is 6.92 Å². The number of carboxylic acids is 3. The Balaban J connectivity index is 0.000000379. The zero-order valence-electron chi connectivity index (χ0n) is 23.3. The number of imidazole rings is 1. The summed E-state index contributed by atoms with van der Waals surface area (Å²) in [6.45, 7) is 7.59. The van der Waals surface area contributed by atoms with Gasteiger partial charge in [-0.2, -0.15) is 44.6 Å². The van der Waals surface area contributed by atoms with Gasteiger partial charge in [-0.1, -0.05) is 0 Å². The fourth-order valence-corrected chi connectivity index (χ4v) is 4.25. The summed E-state index contributed by atoms with van der Waals surface area (Å²) in [5.74, 6) is -6.99. The van der Waals surface area contributed by atoms with Crippen LogP contribution in [0.1, 0.15) is 29.9 Å². The molecule has 1 spiro atoms. The molecule has 44 heavy (non-hydrogen) atoms. The highest BCUT2D eigenvalue weighted by Gasteiger charge is 2.45. The van der Waals surface area contributed by atoms with Crippen molar-refractivity contribution >= 4 is 17.9 Å². The number of carboxylic acid groups (broad SMARTS) is 3. The van der Waals surface area contributed by atoms with E-state index in [1.807, 2.05) is 24.1 Å². The largest absolute Gasteiger partial charge is 0.490 e. The van der Waals surface area contributed by atoms with Crippen molar-refractivity contribution in [3.8, 4) is 0 Å². The van der Waals surface area contributed by atoms with Gasteiger partial charge in [0.05, 0.1) is 11.7 Å². The number of aliphatic carboxylic acids is 3. The first-order chi connectivity index (χ1) is 19.9. The van der Waals surface area contributed by atoms with Crippen LogP contribution in [-0.4, -0.2) is 108 Å². The van der Waals surface area contributed by atoms with Gasteiger partial charge in [0, 0.05) is 63.4 Å². The molecule has 4 rings (SSSR count). The number of nitrogens with zero attached hydrogens (tertiary/aromatic N) is 6. The number of likely N-dealkylation sites (tertiary alicyclic amines) is 1. The van der Waals surface area contributed by atoms with Crippen LogP contribution in [0.25, 0.3) is 0 Å². The van der Waals surface area contributed by atoms with E-state index in [1.54, 1.807) is 0 Å². The van der Waals surface area contributed by atoms with Gasteiger partial charge in [-0.25, -0.2) is 19.4 Å². The van der Waals surface area contributed by atoms with Gasteiger partial charge in [-0.15, -0.1) is 0 Å². The standard InChI is InChI=1S/C17H26N6.3C2HF3O2/c1-14-10-18-16-17(20(2)8-9-23(14)16)4-6-22(7-5-17)13-15-11-19-21(3)12-15;3*3-2(4,5)1(6)7/h10-12H,4-9,13H2,1-3H3;3*(H,6,7). The predicted molar refractivity (Wildman–Crippen MR) is 130 cm³/mol. The van der Waals surface area contributed by atoms with E-state index in [4.69, 9.17) is 34.7 Å². The molecule has 0 aromatic carbocycles. The number of carbonyl (C=O) groups is 3. The third-order valence-electron chi connectivity index (χ3n) is 6.44. The van der Waals surface area contributed by atoms with E-state index >= 15 is 0 Å². The average molecular weight is 657 g/mol. The number of aromatic nitrogens is 4. The molecular formula is C23H29F9N6O6. The minimum Gasteiger partial charge on any atom is -0.475 e. The SMILES string of the molecule is Cc1cnc2n1CCN(C)C21CCN(Cc2cnn(C)c2)CC1.O=C(O)C(F)(F)F.O=C(O)C(F)(F)F.O=C(O)C(F)(F)F. The lowest BCUT2D eigenvalue weighted by Crippen LogP contribution is -2.56. The van der Waals surface area contributed by atoms with Gasteiger partial charge >= 0.3 is 36.4 Å². The van der Waals surface area contributed by atoms with Crippen LogP contribution in [0.5, 0.6) is 0 Å². The number of hydrogen-bond donors (Lipinski definition) is 3. The van der Waals surface area contributed by atoms with Gasteiger partial charge < -0.3 is 19.9 Å². The second-order valence-electron chi connectivity index (χ2n) is 9.54. The van der Waals surface area contributed by atoms with E-state index < -0.39 is 36.4 Å². The highest BCUT2D eigenvalue weighted by molar-refractivity contribution is 5.73. The number of piperidine rings is 1. The predicted octanol–water partition coefficient (Wildman–Crippen LogP) is 3.26. The van der Waals surface area contributed by atoms with Crippen molar-refractivity contribution in [2.45, 2.75) is 56.9 Å². The summed E-state index contributed by atoms with van der Waals surface area (Å²) in [6.07, 6.45) is -6.81. The smallest absolute Gasteiger partial charge is 0.475 e. The normalized spacial score (nSPS) is 16.7. The van der Waals surface area contributed by atoms with Gasteiger partial charge in [0.25, 0.3) is 0 Å². The van der Waals surface area contributed by atoms with Gasteiger partial charge in [0.1, 0.15) is 5.82 Å². The van der Waals surface area contributed by atoms with Crippen LogP contribution in [0.2, 0.25) is 0 Å². The van der Waals surface area contributed by atoms with Crippen molar-refractivity contribution in [3.05, 3.63) is 35.7 Å². The van der Waals surface area contributed by atoms with E-state index in [9.17, 15) is 39.5 Å². The minimum atomic E-state index is -5.08. The van der Waals surface area contributed by atoms with Gasteiger partial charge in [0.2, 0.25) is 0 Å². The number of hydrogen-bond acceptors (Lipinski definition) is 7. The maximum atomic E-state index is 10.6. The van der Waals surface area contributed by atoms with Crippen molar-refractivity contribution in [1.29, 1.82) is 0 Å². The molecule has 4 heterocycles. The molecule has 0 unspecified atom stereocenters. The van der Waals surface area contributed by atoms with E-state index in [0.29, 0.717) is 0 Å². The zero-order chi connectivity index (χ0) is 34.3. The lowest BCUT2D eigenvalue weighted by Gasteiger charge is -2.49. The Morgan fingerprint density at radius 3 is 1.59 bits per heavy atom. The van der Waals surface area contributed by atoms with Crippen LogP contribution in [0.3, 0.4) is 0 Å². The highest BCUT2D eigenvalue weighted by Crippen LogP contribution is 2.40. The summed E-state index contributed by atoms with van der Waals surface area (Å²) >= 11 is 0. The number of likely N-dealkylation sites (N-methyl/N-ethyl adjacent to an activating group) is 1. The zero-order valence-corrected chi connectivity index (χ0v) is 23.3. The number of halogens is 9. The van der Waals surface area contributed by atoms with Crippen molar-refractivity contribution in [2.75, 3.05) is 26.7 Å². The summed E-state index contributed by atoms with van der Waals surface area (Å²) < 4.78 is 99.5. The summed E-state index contributed by atoms with van der Waals surface area (Å²) in [5.41, 5.74) is 2.72. The Labute approximate surface area is 243 Å². The van der Waals surface area contributed by atoms with Crippen LogP contribution < -0.4 is 0 Å². The summed E-state index contributed by atoms with van der Waals surface area (Å²) in [5, 5.41) is 25.7. The molecule has 12 nitrogen and oxygen atoms in total. The molecule has 1 saturated heterocycles. The van der Waals surface area contributed by atoms with Crippen molar-refractivity contribution in [2.24, 2.45) is 7.05 Å². The molecular weight excluding hydrogens is 627 g/mol. The minimum absolute atomic E-state index is 0.123. The fourth-order valence-electron chi connectivity index (χ4n) is 4.25. The first-order valence-electron chi connectivity index (χ1n) is 12.3. The number of alkyl halides is 9. The Hall–Kier alpha value is -3.88. The quantitative estimate of drug-likeness (QED) is 0.411. The monoisotopic (exact) mass is 656 g/mol. The molecule has 0 radical (unpaired) electrons. The molecule has 21 heteroatoms. The van der Waals surface area contributed by atoms with E-state index in [0.717, 1.165) is 45.6 Å². The van der Waals surface area contributed by atoms with Gasteiger partial charge in [-0.05, 0) is 26.8 Å². The summed E-state index contributed by atoms with van der Waals surface area (Å²) in [7, 11) is 4.25. The molecule has 0 atom stereocenters. The molecule has 0 bridgehead atoms. The van der Waals surface area contributed by atoms with E-state index in [2.05, 4.69) is 39.6 Å². The fraction of sp³-hybridized carbons (Fsp3) is 0.609. The lowest BCUT2D eigenvalue weighted by atomic mass is 9.83. The third-order valence-corrected chi connectivity index (χ3v) is 6.44. The Morgan fingerprint density at radius 2 is 1.23 bits per heavy atom. The molecule has 0 aliphatic carbocycles. The van der Waals surface area contributed by atoms with Crippen LogP contribution in [0.15, 0.2) is 18.6 Å². The Morgan fingerprint density at radius 1 is 0.795 bits per heavy atom. The molecule has 0 saturated carbocycles. The molecule has 2 aromatic heterocycles. The number of aryl methyl sites for hydroxylation is 2. The number of fused-ring (bicyclic) bond motifs is 2. The first kappa shape index (κ1) is 38.1. The maximum Gasteiger partial charge on any atom is 0.490 e. The lowest BCUT2D eigenvalue weighted by molar-refractivity contribution is -0.193. The molecule has 0 amide bonds. The maximum absolute atomic E-state index is 10.6. The third kappa shape index (κ3) is 11.0. The first-order valence-corrected chi connectivity index (χ1v) is 12.3. The molecule has 2 aromatic rings. The molecule has 250 valence electrons. The molecule has 3 N–H and O–H groups in total. The topological polar surface area (TPSA) is 154 Å². The van der Waals surface area contributed by atoms with Crippen molar-refractivity contribution < 1.29 is 69.2 Å². The van der Waals surface area contributed by atoms with Crippen LogP contribution in [-0.2, 0) is 40.1 Å². The Bertz CT molecular complexity index is 1210. The molecule has 2 aliphatic rings. The molecule has 2 aliphatic heterocycles. The van der Waals surface area contributed by atoms with E-state index in [-0.39, 0.29) is 5.54 Å². The van der Waals surface area contributed by atoms with E-state index in [1.165, 1.54) is 17.1 Å². The van der Waals surface area contributed by atoms with Crippen LogP contribution >= 0.6 is 0 Å². The van der Waals surface area contributed by atoms with Crippen molar-refractivity contribution in [1.82, 2.24) is 29.1 Å². The second-order valence-corrected chi connectivity index (χ2v) is 9.54. The van der Waals surface area contributed by atoms with Gasteiger partial charge in [0.15, 0.2) is 0 Å². The number of rotatable bonds is 2. The van der Waals surface area contributed by atoms with Crippen LogP contribution in [0.4, 0.5) is 39.5 Å². The molecule has 1 fully saturated rings. The summed E-state index contributed by atoms with van der Waals surface area (Å²) in [6, 6.07) is 0. The average Bonchev–Trinajstić information content (AvgIpc) is 3.47. The summed E-state index contributed by atoms with van der Waals surface area (Å²) in [4.78, 5) is 36.6. The Kier molecular flexibility index (Phi) is 12.8.